The lowest BCUT2D eigenvalue weighted by atomic mass is 10.0. The first-order valence-corrected chi connectivity index (χ1v) is 6.25. The van der Waals surface area contributed by atoms with Crippen LogP contribution in [0, 0.1) is 0 Å². The number of hydrogen-bond donors (Lipinski definition) is 1. The molecule has 0 radical (unpaired) electrons. The molecule has 1 heterocycles. The van der Waals surface area contributed by atoms with Crippen LogP contribution in [0.25, 0.3) is 0 Å². The van der Waals surface area contributed by atoms with E-state index in [0.717, 1.165) is 6.61 Å². The van der Waals surface area contributed by atoms with Crippen LogP contribution in [-0.4, -0.2) is 49.8 Å². The highest BCUT2D eigenvalue weighted by atomic mass is 16.5. The van der Waals surface area contributed by atoms with Gasteiger partial charge >= 0.3 is 0 Å². The van der Waals surface area contributed by atoms with Crippen LogP contribution in [0.5, 0.6) is 0 Å². The van der Waals surface area contributed by atoms with Crippen LogP contribution in [0.3, 0.4) is 0 Å². The normalized spacial score (nSPS) is 41.6. The highest BCUT2D eigenvalue weighted by molar-refractivity contribution is 4.93. The van der Waals surface area contributed by atoms with Crippen LogP contribution < -0.4 is 5.32 Å². The van der Waals surface area contributed by atoms with Crippen molar-refractivity contribution in [1.29, 1.82) is 0 Å². The summed E-state index contributed by atoms with van der Waals surface area (Å²) in [6, 6.07) is 2.02. The molecule has 1 aliphatic carbocycles. The lowest BCUT2D eigenvalue weighted by molar-refractivity contribution is 0.0634. The zero-order valence-corrected chi connectivity index (χ0v) is 10.2. The van der Waals surface area contributed by atoms with Gasteiger partial charge in [0.2, 0.25) is 0 Å². The Hall–Kier alpha value is -0.120. The third kappa shape index (κ3) is 2.19. The van der Waals surface area contributed by atoms with Crippen molar-refractivity contribution in [1.82, 2.24) is 10.2 Å². The molecule has 2 aliphatic rings. The van der Waals surface area contributed by atoms with Crippen molar-refractivity contribution in [2.75, 3.05) is 20.7 Å². The Morgan fingerprint density at radius 3 is 2.60 bits per heavy atom. The topological polar surface area (TPSA) is 24.5 Å². The zero-order valence-electron chi connectivity index (χ0n) is 10.2. The summed E-state index contributed by atoms with van der Waals surface area (Å²) in [5.74, 6) is 0. The minimum absolute atomic E-state index is 0.410. The molecular weight excluding hydrogens is 188 g/mol. The lowest BCUT2D eigenvalue weighted by Crippen LogP contribution is -2.50. The van der Waals surface area contributed by atoms with E-state index < -0.39 is 0 Å². The molecule has 0 aromatic heterocycles. The molecule has 0 aromatic carbocycles. The molecular formula is C12H24N2O. The van der Waals surface area contributed by atoms with E-state index in [1.807, 2.05) is 0 Å². The second-order valence-corrected chi connectivity index (χ2v) is 4.99. The second-order valence-electron chi connectivity index (χ2n) is 4.99. The van der Waals surface area contributed by atoms with E-state index in [1.54, 1.807) is 0 Å². The minimum atomic E-state index is 0.410. The fraction of sp³-hybridized carbons (Fsp3) is 1.00. The van der Waals surface area contributed by atoms with Crippen molar-refractivity contribution in [2.45, 2.75) is 56.8 Å². The number of likely N-dealkylation sites (N-methyl/N-ethyl adjacent to an activating group) is 2. The number of nitrogens with zero attached hydrogens (tertiary/aromatic N) is 1. The molecule has 0 amide bonds. The van der Waals surface area contributed by atoms with Crippen LogP contribution in [0.4, 0.5) is 0 Å². The van der Waals surface area contributed by atoms with Crippen LogP contribution >= 0.6 is 0 Å². The molecule has 3 nitrogen and oxygen atoms in total. The largest absolute Gasteiger partial charge is 0.377 e. The van der Waals surface area contributed by atoms with E-state index in [9.17, 15) is 0 Å². The monoisotopic (exact) mass is 212 g/mol. The quantitative estimate of drug-likeness (QED) is 0.761. The molecule has 3 heteroatoms. The molecule has 2 rings (SSSR count). The van der Waals surface area contributed by atoms with Crippen molar-refractivity contribution in [2.24, 2.45) is 0 Å². The molecule has 88 valence electrons. The predicted octanol–water partition coefficient (Wildman–Crippen LogP) is 1.24. The van der Waals surface area contributed by atoms with Gasteiger partial charge in [-0.15, -0.1) is 0 Å². The van der Waals surface area contributed by atoms with Crippen LogP contribution in [-0.2, 0) is 4.74 Å². The first-order valence-electron chi connectivity index (χ1n) is 6.25. The Morgan fingerprint density at radius 2 is 2.00 bits per heavy atom. The second kappa shape index (κ2) is 4.81. The maximum atomic E-state index is 5.65. The molecule has 1 N–H and O–H groups in total. The van der Waals surface area contributed by atoms with E-state index in [1.165, 1.54) is 25.7 Å². The van der Waals surface area contributed by atoms with Crippen LogP contribution in [0.1, 0.15) is 32.6 Å². The Bertz CT molecular complexity index is 210. The number of hydrogen-bond acceptors (Lipinski definition) is 3. The fourth-order valence-corrected chi connectivity index (χ4v) is 3.27. The van der Waals surface area contributed by atoms with Crippen molar-refractivity contribution < 1.29 is 4.74 Å². The van der Waals surface area contributed by atoms with Gasteiger partial charge in [0.15, 0.2) is 0 Å². The Morgan fingerprint density at radius 1 is 1.20 bits per heavy atom. The smallest absolute Gasteiger partial charge is 0.0703 e. The van der Waals surface area contributed by atoms with Gasteiger partial charge in [-0.3, -0.25) is 4.90 Å². The molecule has 1 saturated carbocycles. The van der Waals surface area contributed by atoms with Gasteiger partial charge < -0.3 is 10.1 Å². The first kappa shape index (κ1) is 11.4. The van der Waals surface area contributed by atoms with Crippen LogP contribution in [0.2, 0.25) is 0 Å². The molecule has 0 aromatic rings. The van der Waals surface area contributed by atoms with Crippen molar-refractivity contribution >= 4 is 0 Å². The Kier molecular flexibility index (Phi) is 3.65. The third-order valence-electron chi connectivity index (χ3n) is 4.23. The molecule has 1 aliphatic heterocycles. The van der Waals surface area contributed by atoms with Gasteiger partial charge in [0.25, 0.3) is 0 Å². The van der Waals surface area contributed by atoms with E-state index in [-0.39, 0.29) is 0 Å². The highest BCUT2D eigenvalue weighted by Crippen LogP contribution is 2.28. The van der Waals surface area contributed by atoms with Gasteiger partial charge in [0, 0.05) is 24.7 Å². The van der Waals surface area contributed by atoms with Gasteiger partial charge in [-0.2, -0.15) is 0 Å². The van der Waals surface area contributed by atoms with E-state index >= 15 is 0 Å². The number of ether oxygens (including phenoxy) is 1. The van der Waals surface area contributed by atoms with Gasteiger partial charge in [-0.1, -0.05) is 6.42 Å². The first-order chi connectivity index (χ1) is 7.24. The van der Waals surface area contributed by atoms with E-state index in [2.05, 4.69) is 31.2 Å². The molecule has 0 spiro atoms. The van der Waals surface area contributed by atoms with E-state index in [0.29, 0.717) is 24.2 Å². The van der Waals surface area contributed by atoms with Crippen molar-refractivity contribution in [3.63, 3.8) is 0 Å². The Labute approximate surface area is 93.2 Å². The summed E-state index contributed by atoms with van der Waals surface area (Å²) in [7, 11) is 4.36. The zero-order chi connectivity index (χ0) is 10.8. The predicted molar refractivity (Wildman–Crippen MR) is 62.1 cm³/mol. The lowest BCUT2D eigenvalue weighted by Gasteiger charge is -2.35. The number of nitrogens with one attached hydrogen (secondary N) is 1. The summed E-state index contributed by atoms with van der Waals surface area (Å²) in [5, 5.41) is 3.45. The maximum Gasteiger partial charge on any atom is 0.0703 e. The molecule has 0 bridgehead atoms. The highest BCUT2D eigenvalue weighted by Gasteiger charge is 2.36. The van der Waals surface area contributed by atoms with Crippen molar-refractivity contribution in [3.05, 3.63) is 0 Å². The molecule has 4 atom stereocenters. The van der Waals surface area contributed by atoms with Gasteiger partial charge in [-0.05, 0) is 40.3 Å². The summed E-state index contributed by atoms with van der Waals surface area (Å²) in [4.78, 5) is 2.56. The summed E-state index contributed by atoms with van der Waals surface area (Å²) >= 11 is 0. The average Bonchev–Trinajstić information content (AvgIpc) is 2.84. The SMILES string of the molecule is CNC1CCCC1N(C)C1CCOC1C. The minimum Gasteiger partial charge on any atom is -0.377 e. The van der Waals surface area contributed by atoms with Gasteiger partial charge in [0.05, 0.1) is 6.10 Å². The van der Waals surface area contributed by atoms with Gasteiger partial charge in [-0.25, -0.2) is 0 Å². The third-order valence-corrected chi connectivity index (χ3v) is 4.23. The summed E-state index contributed by atoms with van der Waals surface area (Å²) < 4.78 is 5.65. The van der Waals surface area contributed by atoms with Gasteiger partial charge in [0.1, 0.15) is 0 Å². The van der Waals surface area contributed by atoms with Crippen LogP contribution in [0.15, 0.2) is 0 Å². The maximum absolute atomic E-state index is 5.65. The fourth-order valence-electron chi connectivity index (χ4n) is 3.27. The molecule has 15 heavy (non-hydrogen) atoms. The summed E-state index contributed by atoms with van der Waals surface area (Å²) in [6.07, 6.45) is 5.64. The summed E-state index contributed by atoms with van der Waals surface area (Å²) in [6.45, 7) is 3.14. The molecule has 1 saturated heterocycles. The standard InChI is InChI=1S/C12H24N2O/c1-9-11(7-8-15-9)14(3)12-6-4-5-10(12)13-2/h9-13H,4-8H2,1-3H3. The molecule has 2 fully saturated rings. The molecule has 4 unspecified atom stereocenters. The van der Waals surface area contributed by atoms with E-state index in [4.69, 9.17) is 4.74 Å². The Balaban J connectivity index is 1.97. The number of rotatable bonds is 3. The average molecular weight is 212 g/mol. The van der Waals surface area contributed by atoms with Crippen molar-refractivity contribution in [3.8, 4) is 0 Å². The summed E-state index contributed by atoms with van der Waals surface area (Å²) in [5.41, 5.74) is 0.